The minimum absolute atomic E-state index is 0.0650. The smallest absolute Gasteiger partial charge is 0.242 e. The molecule has 0 radical (unpaired) electrons. The summed E-state index contributed by atoms with van der Waals surface area (Å²) in [5.74, 6) is 0.499. The summed E-state index contributed by atoms with van der Waals surface area (Å²) in [5, 5.41) is 2.87. The molecule has 2 rings (SSSR count). The molecule has 0 aliphatic rings. The third kappa shape index (κ3) is 5.31. The molecular weight excluding hydrogens is 330 g/mol. The molecule has 1 aromatic heterocycles. The summed E-state index contributed by atoms with van der Waals surface area (Å²) in [6.45, 7) is 4.30. The van der Waals surface area contributed by atoms with Crippen LogP contribution >= 0.6 is 0 Å². The summed E-state index contributed by atoms with van der Waals surface area (Å²) in [4.78, 5) is 30.5. The van der Waals surface area contributed by atoms with E-state index in [2.05, 4.69) is 10.3 Å². The van der Waals surface area contributed by atoms with E-state index < -0.39 is 6.04 Å². The van der Waals surface area contributed by atoms with Crippen LogP contribution in [0.3, 0.4) is 0 Å². The van der Waals surface area contributed by atoms with E-state index in [9.17, 15) is 9.59 Å². The number of amides is 2. The minimum atomic E-state index is -0.568. The molecule has 0 unspecified atom stereocenters. The monoisotopic (exact) mass is 355 g/mol. The maximum absolute atomic E-state index is 12.5. The van der Waals surface area contributed by atoms with E-state index >= 15 is 0 Å². The highest BCUT2D eigenvalue weighted by atomic mass is 16.5. The fourth-order valence-corrected chi connectivity index (χ4v) is 2.55. The van der Waals surface area contributed by atoms with Gasteiger partial charge in [-0.25, -0.2) is 0 Å². The van der Waals surface area contributed by atoms with Gasteiger partial charge in [0, 0.05) is 31.9 Å². The third-order valence-electron chi connectivity index (χ3n) is 4.17. The molecular formula is C20H25N3O3. The number of pyridine rings is 1. The van der Waals surface area contributed by atoms with Crippen LogP contribution in [-0.4, -0.2) is 34.8 Å². The van der Waals surface area contributed by atoms with Gasteiger partial charge >= 0.3 is 0 Å². The lowest BCUT2D eigenvalue weighted by molar-refractivity contribution is -0.140. The number of nitrogens with one attached hydrogen (secondary N) is 1. The molecule has 2 amide bonds. The zero-order valence-electron chi connectivity index (χ0n) is 15.4. The van der Waals surface area contributed by atoms with Crippen molar-refractivity contribution in [2.45, 2.75) is 39.4 Å². The van der Waals surface area contributed by atoms with Gasteiger partial charge in [-0.1, -0.05) is 25.1 Å². The zero-order chi connectivity index (χ0) is 18.9. The number of benzene rings is 1. The van der Waals surface area contributed by atoms with Crippen molar-refractivity contribution in [3.05, 3.63) is 59.9 Å². The van der Waals surface area contributed by atoms with Crippen molar-refractivity contribution < 1.29 is 14.3 Å². The average Bonchev–Trinajstić information content (AvgIpc) is 2.70. The average molecular weight is 355 g/mol. The van der Waals surface area contributed by atoms with Crippen LogP contribution in [0.1, 0.15) is 31.4 Å². The van der Waals surface area contributed by atoms with E-state index in [0.717, 1.165) is 16.9 Å². The van der Waals surface area contributed by atoms with Crippen LogP contribution in [0.15, 0.2) is 48.8 Å². The highest BCUT2D eigenvalue weighted by Gasteiger charge is 2.24. The summed E-state index contributed by atoms with van der Waals surface area (Å²) < 4.78 is 5.15. The van der Waals surface area contributed by atoms with Crippen LogP contribution in [0.4, 0.5) is 0 Å². The molecule has 1 aromatic carbocycles. The third-order valence-corrected chi connectivity index (χ3v) is 4.17. The van der Waals surface area contributed by atoms with Crippen molar-refractivity contribution in [3.8, 4) is 5.75 Å². The van der Waals surface area contributed by atoms with Gasteiger partial charge in [-0.05, 0) is 36.2 Å². The molecule has 0 fully saturated rings. The first-order valence-corrected chi connectivity index (χ1v) is 8.64. The lowest BCUT2D eigenvalue weighted by Gasteiger charge is -2.28. The highest BCUT2D eigenvalue weighted by Crippen LogP contribution is 2.15. The van der Waals surface area contributed by atoms with Crippen LogP contribution < -0.4 is 10.1 Å². The van der Waals surface area contributed by atoms with Gasteiger partial charge in [0.05, 0.1) is 7.11 Å². The second kappa shape index (κ2) is 9.56. The molecule has 1 atom stereocenters. The van der Waals surface area contributed by atoms with Crippen LogP contribution in [0.5, 0.6) is 5.75 Å². The first kappa shape index (κ1) is 19.4. The first-order valence-electron chi connectivity index (χ1n) is 8.64. The van der Waals surface area contributed by atoms with Crippen molar-refractivity contribution in [1.29, 1.82) is 0 Å². The van der Waals surface area contributed by atoms with Crippen molar-refractivity contribution in [2.75, 3.05) is 7.11 Å². The van der Waals surface area contributed by atoms with Crippen molar-refractivity contribution in [3.63, 3.8) is 0 Å². The Kier molecular flexibility index (Phi) is 7.14. The Balaban J connectivity index is 2.04. The predicted octanol–water partition coefficient (Wildman–Crippen LogP) is 2.53. The van der Waals surface area contributed by atoms with Gasteiger partial charge in [0.15, 0.2) is 0 Å². The molecule has 0 aliphatic carbocycles. The summed E-state index contributed by atoms with van der Waals surface area (Å²) in [6.07, 6.45) is 3.73. The van der Waals surface area contributed by atoms with Gasteiger partial charge in [0.2, 0.25) is 11.8 Å². The second-order valence-corrected chi connectivity index (χ2v) is 5.98. The van der Waals surface area contributed by atoms with Gasteiger partial charge in [0.25, 0.3) is 0 Å². The van der Waals surface area contributed by atoms with Crippen LogP contribution in [0.2, 0.25) is 0 Å². The van der Waals surface area contributed by atoms with Crippen molar-refractivity contribution >= 4 is 11.8 Å². The first-order chi connectivity index (χ1) is 12.5. The van der Waals surface area contributed by atoms with Gasteiger partial charge in [-0.2, -0.15) is 0 Å². The molecule has 0 spiro atoms. The molecule has 2 aromatic rings. The molecule has 6 heteroatoms. The summed E-state index contributed by atoms with van der Waals surface area (Å²) >= 11 is 0. The van der Waals surface area contributed by atoms with Crippen LogP contribution in [0, 0.1) is 0 Å². The molecule has 1 heterocycles. The summed E-state index contributed by atoms with van der Waals surface area (Å²) in [5.41, 5.74) is 1.86. The van der Waals surface area contributed by atoms with E-state index in [-0.39, 0.29) is 11.8 Å². The SMILES string of the molecule is CCC(=O)N(Cc1ccc(OC)cc1)[C@@H](C)C(=O)NCc1cccnc1. The van der Waals surface area contributed by atoms with Gasteiger partial charge < -0.3 is 15.0 Å². The Morgan fingerprint density at radius 3 is 2.50 bits per heavy atom. The normalized spacial score (nSPS) is 11.5. The predicted molar refractivity (Wildman–Crippen MR) is 99.4 cm³/mol. The highest BCUT2D eigenvalue weighted by molar-refractivity contribution is 5.87. The van der Waals surface area contributed by atoms with Crippen LogP contribution in [-0.2, 0) is 22.7 Å². The fourth-order valence-electron chi connectivity index (χ4n) is 2.55. The summed E-state index contributed by atoms with van der Waals surface area (Å²) in [6, 6.07) is 10.6. The number of hydrogen-bond donors (Lipinski definition) is 1. The maximum atomic E-state index is 12.5. The number of nitrogens with zero attached hydrogens (tertiary/aromatic N) is 2. The van der Waals surface area contributed by atoms with Crippen molar-refractivity contribution in [2.24, 2.45) is 0 Å². The fraction of sp³-hybridized carbons (Fsp3) is 0.350. The van der Waals surface area contributed by atoms with E-state index in [1.54, 1.807) is 38.3 Å². The molecule has 0 aliphatic heterocycles. The molecule has 6 nitrogen and oxygen atoms in total. The van der Waals surface area contributed by atoms with Gasteiger partial charge in [-0.3, -0.25) is 14.6 Å². The standard InChI is InChI=1S/C20H25N3O3/c1-4-19(24)23(14-16-7-9-18(26-3)10-8-16)15(2)20(25)22-13-17-6-5-11-21-12-17/h5-12,15H,4,13-14H2,1-3H3,(H,22,25)/t15-/m0/s1. The Hall–Kier alpha value is -2.89. The number of methoxy groups -OCH3 is 1. The Labute approximate surface area is 154 Å². The number of carbonyl (C=O) groups excluding carboxylic acids is 2. The molecule has 26 heavy (non-hydrogen) atoms. The number of rotatable bonds is 8. The van der Waals surface area contributed by atoms with Crippen LogP contribution in [0.25, 0.3) is 0 Å². The zero-order valence-corrected chi connectivity index (χ0v) is 15.4. The lowest BCUT2D eigenvalue weighted by Crippen LogP contribution is -2.47. The maximum Gasteiger partial charge on any atom is 0.242 e. The second-order valence-electron chi connectivity index (χ2n) is 5.98. The molecule has 0 bridgehead atoms. The topological polar surface area (TPSA) is 71.5 Å². The number of carbonyl (C=O) groups is 2. The van der Waals surface area contributed by atoms with E-state index in [1.807, 2.05) is 36.4 Å². The number of ether oxygens (including phenoxy) is 1. The Bertz CT molecular complexity index is 717. The summed E-state index contributed by atoms with van der Waals surface area (Å²) in [7, 11) is 1.61. The Morgan fingerprint density at radius 2 is 1.92 bits per heavy atom. The van der Waals surface area contributed by atoms with E-state index in [0.29, 0.717) is 19.5 Å². The van der Waals surface area contributed by atoms with E-state index in [1.165, 1.54) is 0 Å². The largest absolute Gasteiger partial charge is 0.497 e. The molecule has 0 saturated heterocycles. The quantitative estimate of drug-likeness (QED) is 0.790. The molecule has 0 saturated carbocycles. The number of aromatic nitrogens is 1. The van der Waals surface area contributed by atoms with Gasteiger partial charge in [0.1, 0.15) is 11.8 Å². The van der Waals surface area contributed by atoms with Crippen molar-refractivity contribution in [1.82, 2.24) is 15.2 Å². The Morgan fingerprint density at radius 1 is 1.19 bits per heavy atom. The minimum Gasteiger partial charge on any atom is -0.497 e. The number of hydrogen-bond acceptors (Lipinski definition) is 4. The molecule has 138 valence electrons. The lowest BCUT2D eigenvalue weighted by atomic mass is 10.1. The van der Waals surface area contributed by atoms with E-state index in [4.69, 9.17) is 4.74 Å². The van der Waals surface area contributed by atoms with Gasteiger partial charge in [-0.15, -0.1) is 0 Å². The molecule has 1 N–H and O–H groups in total.